The van der Waals surface area contributed by atoms with Crippen LogP contribution in [-0.4, -0.2) is 29.9 Å². The SMILES string of the molecule is CNC(=O)c1cc(Oc2ccc3c(c2)[C@H]2C(C(=O)N=[N+]=[N-])[C@H]2O3)ccn1. The topological polar surface area (TPSA) is 126 Å². The van der Waals surface area contributed by atoms with Gasteiger partial charge in [-0.3, -0.25) is 14.6 Å². The molecule has 2 aliphatic rings. The van der Waals surface area contributed by atoms with Gasteiger partial charge in [0.25, 0.3) is 5.91 Å². The second-order valence-electron chi connectivity index (χ2n) is 5.92. The summed E-state index contributed by atoms with van der Waals surface area (Å²) in [5.41, 5.74) is 9.50. The number of aromatic nitrogens is 1. The van der Waals surface area contributed by atoms with Gasteiger partial charge in [-0.25, -0.2) is 0 Å². The zero-order chi connectivity index (χ0) is 18.3. The molecule has 130 valence electrons. The van der Waals surface area contributed by atoms with E-state index in [1.165, 1.54) is 19.3 Å². The van der Waals surface area contributed by atoms with E-state index in [0.717, 1.165) is 5.56 Å². The van der Waals surface area contributed by atoms with Crippen LogP contribution in [0, 0.1) is 5.92 Å². The summed E-state index contributed by atoms with van der Waals surface area (Å²) in [7, 11) is 1.53. The predicted molar refractivity (Wildman–Crippen MR) is 88.9 cm³/mol. The minimum Gasteiger partial charge on any atom is -0.489 e. The van der Waals surface area contributed by atoms with Crippen LogP contribution < -0.4 is 14.8 Å². The van der Waals surface area contributed by atoms with E-state index in [4.69, 9.17) is 15.0 Å². The first-order valence-electron chi connectivity index (χ1n) is 7.88. The van der Waals surface area contributed by atoms with E-state index in [1.54, 1.807) is 24.3 Å². The Balaban J connectivity index is 1.55. The number of amides is 2. The Labute approximate surface area is 147 Å². The monoisotopic (exact) mass is 351 g/mol. The molecule has 1 aromatic carbocycles. The molecule has 0 radical (unpaired) electrons. The molecule has 1 saturated carbocycles. The largest absolute Gasteiger partial charge is 0.489 e. The molecule has 1 fully saturated rings. The van der Waals surface area contributed by atoms with Gasteiger partial charge in [-0.05, 0) is 34.9 Å². The van der Waals surface area contributed by atoms with Gasteiger partial charge in [0.15, 0.2) is 0 Å². The Kier molecular flexibility index (Phi) is 3.70. The van der Waals surface area contributed by atoms with Gasteiger partial charge in [-0.1, -0.05) is 0 Å². The number of hydrogen-bond acceptors (Lipinski definition) is 5. The number of ether oxygens (including phenoxy) is 2. The molecule has 1 aliphatic carbocycles. The Morgan fingerprint density at radius 2 is 2.12 bits per heavy atom. The lowest BCUT2D eigenvalue weighted by Gasteiger charge is -2.10. The van der Waals surface area contributed by atoms with Crippen molar-refractivity contribution in [1.29, 1.82) is 0 Å². The third kappa shape index (κ3) is 2.60. The first-order chi connectivity index (χ1) is 12.6. The highest BCUT2D eigenvalue weighted by Gasteiger charge is 2.62. The normalized spacial score (nSPS) is 21.5. The second kappa shape index (κ2) is 6.05. The summed E-state index contributed by atoms with van der Waals surface area (Å²) in [5, 5.41) is 5.66. The number of azide groups is 1. The lowest BCUT2D eigenvalue weighted by molar-refractivity contribution is -0.119. The molecule has 0 saturated heterocycles. The van der Waals surface area contributed by atoms with Crippen LogP contribution in [0.2, 0.25) is 0 Å². The summed E-state index contributed by atoms with van der Waals surface area (Å²) in [5.74, 6) is 0.329. The van der Waals surface area contributed by atoms with E-state index in [0.29, 0.717) is 17.2 Å². The van der Waals surface area contributed by atoms with Crippen molar-refractivity contribution in [3.63, 3.8) is 0 Å². The Morgan fingerprint density at radius 3 is 2.88 bits per heavy atom. The highest BCUT2D eigenvalue weighted by atomic mass is 16.5. The fourth-order valence-electron chi connectivity index (χ4n) is 3.17. The fraction of sp³-hybridized carbons (Fsp3) is 0.235. The molecule has 9 nitrogen and oxygen atoms in total. The molecule has 26 heavy (non-hydrogen) atoms. The van der Waals surface area contributed by atoms with Gasteiger partial charge in [0.1, 0.15) is 29.0 Å². The molecule has 1 unspecified atom stereocenters. The number of nitrogens with one attached hydrogen (secondary N) is 1. The number of benzene rings is 1. The van der Waals surface area contributed by atoms with E-state index in [1.807, 2.05) is 0 Å². The summed E-state index contributed by atoms with van der Waals surface area (Å²) in [6, 6.07) is 8.49. The van der Waals surface area contributed by atoms with Gasteiger partial charge in [0.05, 0.1) is 5.92 Å². The highest BCUT2D eigenvalue weighted by molar-refractivity contribution is 5.92. The summed E-state index contributed by atoms with van der Waals surface area (Å²) >= 11 is 0. The number of rotatable bonds is 4. The molecule has 1 aliphatic heterocycles. The lowest BCUT2D eigenvalue weighted by Crippen LogP contribution is -2.18. The van der Waals surface area contributed by atoms with Crippen molar-refractivity contribution in [2.75, 3.05) is 7.05 Å². The first kappa shape index (κ1) is 15.9. The van der Waals surface area contributed by atoms with Crippen molar-refractivity contribution >= 4 is 11.8 Å². The quantitative estimate of drug-likeness (QED) is 0.514. The molecule has 2 aromatic rings. The minimum absolute atomic E-state index is 0.120. The average molecular weight is 351 g/mol. The average Bonchev–Trinajstić information content (AvgIpc) is 3.25. The van der Waals surface area contributed by atoms with E-state index < -0.39 is 11.8 Å². The molecule has 0 bridgehead atoms. The van der Waals surface area contributed by atoms with Crippen molar-refractivity contribution in [2.24, 2.45) is 11.0 Å². The summed E-state index contributed by atoms with van der Waals surface area (Å²) in [6.07, 6.45) is 1.21. The number of carbonyl (C=O) groups is 2. The van der Waals surface area contributed by atoms with Gasteiger partial charge in [-0.15, -0.1) is 0 Å². The molecule has 2 heterocycles. The Hall–Kier alpha value is -3.58. The summed E-state index contributed by atoms with van der Waals surface area (Å²) in [4.78, 5) is 29.9. The van der Waals surface area contributed by atoms with E-state index in [2.05, 4.69) is 20.3 Å². The molecule has 9 heteroatoms. The molecule has 1 N–H and O–H groups in total. The molecule has 4 rings (SSSR count). The van der Waals surface area contributed by atoms with Gasteiger partial charge >= 0.3 is 0 Å². The highest BCUT2D eigenvalue weighted by Crippen LogP contribution is 2.59. The van der Waals surface area contributed by atoms with Crippen molar-refractivity contribution in [3.8, 4) is 17.2 Å². The van der Waals surface area contributed by atoms with Crippen LogP contribution in [0.4, 0.5) is 0 Å². The van der Waals surface area contributed by atoms with Gasteiger partial charge < -0.3 is 14.8 Å². The minimum atomic E-state index is -0.510. The maximum absolute atomic E-state index is 11.8. The first-order valence-corrected chi connectivity index (χ1v) is 7.88. The van der Waals surface area contributed by atoms with Crippen LogP contribution in [-0.2, 0) is 4.79 Å². The summed E-state index contributed by atoms with van der Waals surface area (Å²) < 4.78 is 11.5. The van der Waals surface area contributed by atoms with Crippen molar-refractivity contribution in [1.82, 2.24) is 10.3 Å². The van der Waals surface area contributed by atoms with Crippen LogP contribution in [0.3, 0.4) is 0 Å². The summed E-state index contributed by atoms with van der Waals surface area (Å²) in [6.45, 7) is 0. The fourth-order valence-corrected chi connectivity index (χ4v) is 3.17. The van der Waals surface area contributed by atoms with Crippen molar-refractivity contribution in [2.45, 2.75) is 12.0 Å². The van der Waals surface area contributed by atoms with Crippen LogP contribution in [0.1, 0.15) is 22.0 Å². The van der Waals surface area contributed by atoms with E-state index in [9.17, 15) is 9.59 Å². The number of carbonyl (C=O) groups excluding carboxylic acids is 2. The molecular weight excluding hydrogens is 338 g/mol. The molecular formula is C17H13N5O4. The standard InChI is InChI=1S/C17H13N5O4/c1-19-16(23)11-7-9(4-5-20-11)25-8-2-3-12-10(6-8)13-14(15(13)26-12)17(24)21-22-18/h2-7,13-15H,1H3,(H,19,23)/t13-,14?,15-/m0/s1. The molecule has 0 spiro atoms. The third-order valence-electron chi connectivity index (χ3n) is 4.41. The second-order valence-corrected chi connectivity index (χ2v) is 5.92. The zero-order valence-electron chi connectivity index (χ0n) is 13.6. The van der Waals surface area contributed by atoms with Crippen LogP contribution >= 0.6 is 0 Å². The maximum Gasteiger partial charge on any atom is 0.269 e. The molecule has 1 aromatic heterocycles. The Bertz CT molecular complexity index is 969. The Morgan fingerprint density at radius 1 is 1.31 bits per heavy atom. The molecule has 3 atom stereocenters. The smallest absolute Gasteiger partial charge is 0.269 e. The van der Waals surface area contributed by atoms with E-state index in [-0.39, 0.29) is 23.6 Å². The number of nitrogens with zero attached hydrogens (tertiary/aromatic N) is 4. The third-order valence-corrected chi connectivity index (χ3v) is 4.41. The molecule has 2 amide bonds. The van der Waals surface area contributed by atoms with Crippen LogP contribution in [0.25, 0.3) is 10.4 Å². The van der Waals surface area contributed by atoms with Crippen LogP contribution in [0.5, 0.6) is 17.2 Å². The maximum atomic E-state index is 11.8. The van der Waals surface area contributed by atoms with Gasteiger partial charge in [-0.2, -0.15) is 0 Å². The van der Waals surface area contributed by atoms with Crippen LogP contribution in [0.15, 0.2) is 41.6 Å². The van der Waals surface area contributed by atoms with Crippen molar-refractivity contribution in [3.05, 3.63) is 58.2 Å². The number of fused-ring (bicyclic) bond motifs is 3. The van der Waals surface area contributed by atoms with Gasteiger partial charge in [0.2, 0.25) is 5.91 Å². The predicted octanol–water partition coefficient (Wildman–Crippen LogP) is 2.54. The zero-order valence-corrected chi connectivity index (χ0v) is 13.6. The van der Waals surface area contributed by atoms with Crippen molar-refractivity contribution < 1.29 is 19.1 Å². The van der Waals surface area contributed by atoms with Gasteiger partial charge in [0, 0.05) is 35.7 Å². The number of hydrogen-bond donors (Lipinski definition) is 1. The van der Waals surface area contributed by atoms with E-state index >= 15 is 0 Å². The number of pyridine rings is 1. The lowest BCUT2D eigenvalue weighted by atomic mass is 10.1.